The second-order valence-electron chi connectivity index (χ2n) is 5.08. The normalized spacial score (nSPS) is 15.3. The van der Waals surface area contributed by atoms with Gasteiger partial charge in [0.2, 0.25) is 0 Å². The molecule has 1 aromatic carbocycles. The van der Waals surface area contributed by atoms with Gasteiger partial charge in [-0.2, -0.15) is 4.99 Å². The molecule has 1 heterocycles. The summed E-state index contributed by atoms with van der Waals surface area (Å²) in [6.07, 6.45) is 4.57. The van der Waals surface area contributed by atoms with Crippen LogP contribution in [0.5, 0.6) is 0 Å². The Kier molecular flexibility index (Phi) is 4.00. The van der Waals surface area contributed by atoms with Gasteiger partial charge in [-0.25, -0.2) is 0 Å². The van der Waals surface area contributed by atoms with E-state index in [0.717, 1.165) is 21.5 Å². The van der Waals surface area contributed by atoms with Crippen molar-refractivity contribution >= 4 is 28.5 Å². The Morgan fingerprint density at radius 3 is 2.85 bits per heavy atom. The van der Waals surface area contributed by atoms with Crippen LogP contribution < -0.4 is 5.49 Å². The van der Waals surface area contributed by atoms with Crippen LogP contribution in [0, 0.1) is 9.49 Å². The zero-order valence-corrected chi connectivity index (χ0v) is 13.2. The van der Waals surface area contributed by atoms with Gasteiger partial charge in [0.25, 0.3) is 5.91 Å². The first-order chi connectivity index (χ1) is 9.72. The summed E-state index contributed by atoms with van der Waals surface area (Å²) in [6, 6.07) is 13.3. The predicted molar refractivity (Wildman–Crippen MR) is 86.2 cm³/mol. The lowest BCUT2D eigenvalue weighted by Crippen LogP contribution is -2.22. The SMILES string of the molecule is O=C(/N=c1\ccccn1CC1CC1)c1cccc(I)c1. The van der Waals surface area contributed by atoms with E-state index in [0.29, 0.717) is 5.56 Å². The summed E-state index contributed by atoms with van der Waals surface area (Å²) in [5.74, 6) is 0.573. The van der Waals surface area contributed by atoms with E-state index in [9.17, 15) is 4.79 Å². The number of hydrogen-bond donors (Lipinski definition) is 0. The smallest absolute Gasteiger partial charge is 0.278 e. The molecular formula is C16H15IN2O. The van der Waals surface area contributed by atoms with Gasteiger partial charge < -0.3 is 4.57 Å². The third-order valence-corrected chi connectivity index (χ3v) is 4.03. The van der Waals surface area contributed by atoms with Crippen LogP contribution in [0.2, 0.25) is 0 Å². The van der Waals surface area contributed by atoms with Gasteiger partial charge in [-0.15, -0.1) is 0 Å². The molecule has 0 bridgehead atoms. The Bertz CT molecular complexity index is 701. The number of halogens is 1. The largest absolute Gasteiger partial charge is 0.333 e. The molecule has 102 valence electrons. The molecule has 1 aromatic heterocycles. The van der Waals surface area contributed by atoms with Crippen LogP contribution in [0.15, 0.2) is 53.7 Å². The molecule has 2 aromatic rings. The molecule has 3 nitrogen and oxygen atoms in total. The average Bonchev–Trinajstić information content (AvgIpc) is 3.25. The monoisotopic (exact) mass is 378 g/mol. The molecule has 1 fully saturated rings. The quantitative estimate of drug-likeness (QED) is 0.756. The van der Waals surface area contributed by atoms with E-state index < -0.39 is 0 Å². The van der Waals surface area contributed by atoms with Gasteiger partial charge in [0.1, 0.15) is 5.49 Å². The van der Waals surface area contributed by atoms with Crippen molar-refractivity contribution in [2.75, 3.05) is 0 Å². The summed E-state index contributed by atoms with van der Waals surface area (Å²) in [7, 11) is 0. The second-order valence-corrected chi connectivity index (χ2v) is 6.33. The summed E-state index contributed by atoms with van der Waals surface area (Å²) in [4.78, 5) is 16.5. The van der Waals surface area contributed by atoms with Crippen LogP contribution >= 0.6 is 22.6 Å². The molecule has 1 amide bonds. The van der Waals surface area contributed by atoms with Crippen LogP contribution in [-0.4, -0.2) is 10.5 Å². The van der Waals surface area contributed by atoms with Gasteiger partial charge in [-0.1, -0.05) is 12.1 Å². The van der Waals surface area contributed by atoms with Crippen molar-refractivity contribution in [3.05, 3.63) is 63.3 Å². The molecule has 4 heteroatoms. The Morgan fingerprint density at radius 1 is 1.25 bits per heavy atom. The van der Waals surface area contributed by atoms with Gasteiger partial charge in [0.15, 0.2) is 0 Å². The summed E-state index contributed by atoms with van der Waals surface area (Å²) >= 11 is 2.20. The molecule has 0 aliphatic heterocycles. The van der Waals surface area contributed by atoms with Gasteiger partial charge in [0, 0.05) is 21.9 Å². The fourth-order valence-corrected chi connectivity index (χ4v) is 2.63. The van der Waals surface area contributed by atoms with Crippen molar-refractivity contribution < 1.29 is 4.79 Å². The first-order valence-electron chi connectivity index (χ1n) is 6.72. The molecular weight excluding hydrogens is 363 g/mol. The highest BCUT2D eigenvalue weighted by atomic mass is 127. The maximum atomic E-state index is 12.2. The first-order valence-corrected chi connectivity index (χ1v) is 7.80. The van der Waals surface area contributed by atoms with E-state index in [1.807, 2.05) is 48.7 Å². The number of carbonyl (C=O) groups excluding carboxylic acids is 1. The van der Waals surface area contributed by atoms with Crippen LogP contribution in [0.25, 0.3) is 0 Å². The number of nitrogens with zero attached hydrogens (tertiary/aromatic N) is 2. The van der Waals surface area contributed by atoms with Crippen molar-refractivity contribution in [3.8, 4) is 0 Å². The number of rotatable bonds is 3. The lowest BCUT2D eigenvalue weighted by atomic mass is 10.2. The third-order valence-electron chi connectivity index (χ3n) is 3.36. The molecule has 0 saturated heterocycles. The minimum atomic E-state index is -0.181. The summed E-state index contributed by atoms with van der Waals surface area (Å²) in [6.45, 7) is 0.958. The fourth-order valence-electron chi connectivity index (χ4n) is 2.09. The fraction of sp³-hybridized carbons (Fsp3) is 0.250. The zero-order valence-electron chi connectivity index (χ0n) is 11.0. The van der Waals surface area contributed by atoms with Crippen LogP contribution in [0.3, 0.4) is 0 Å². The Labute approximate surface area is 131 Å². The topological polar surface area (TPSA) is 34.4 Å². The number of benzene rings is 1. The lowest BCUT2D eigenvalue weighted by Gasteiger charge is -2.05. The molecule has 20 heavy (non-hydrogen) atoms. The molecule has 0 N–H and O–H groups in total. The Hall–Kier alpha value is -1.43. The standard InChI is InChI=1S/C16H15IN2O/c17-14-5-3-4-13(10-14)16(20)18-15-6-1-2-9-19(15)11-12-7-8-12/h1-6,9-10,12H,7-8,11H2/b18-15+. The predicted octanol–water partition coefficient (Wildman–Crippen LogP) is 3.24. The Morgan fingerprint density at radius 2 is 2.10 bits per heavy atom. The minimum Gasteiger partial charge on any atom is -0.333 e. The van der Waals surface area contributed by atoms with Crippen molar-refractivity contribution in [1.82, 2.24) is 4.57 Å². The number of hydrogen-bond acceptors (Lipinski definition) is 1. The zero-order chi connectivity index (χ0) is 13.9. The molecule has 1 aliphatic carbocycles. The minimum absolute atomic E-state index is 0.181. The van der Waals surface area contributed by atoms with E-state index in [1.54, 1.807) is 0 Å². The highest BCUT2D eigenvalue weighted by Crippen LogP contribution is 2.29. The van der Waals surface area contributed by atoms with E-state index >= 15 is 0 Å². The van der Waals surface area contributed by atoms with E-state index in [4.69, 9.17) is 0 Å². The molecule has 1 saturated carbocycles. The highest BCUT2D eigenvalue weighted by molar-refractivity contribution is 14.1. The van der Waals surface area contributed by atoms with Crippen molar-refractivity contribution in [3.63, 3.8) is 0 Å². The van der Waals surface area contributed by atoms with Crippen molar-refractivity contribution in [2.24, 2.45) is 10.9 Å². The molecule has 0 unspecified atom stereocenters. The molecule has 1 aliphatic rings. The van der Waals surface area contributed by atoms with Crippen molar-refractivity contribution in [2.45, 2.75) is 19.4 Å². The Balaban J connectivity index is 1.93. The second kappa shape index (κ2) is 5.91. The molecule has 3 rings (SSSR count). The maximum absolute atomic E-state index is 12.2. The third kappa shape index (κ3) is 3.36. The number of pyridine rings is 1. The average molecular weight is 378 g/mol. The summed E-state index contributed by atoms with van der Waals surface area (Å²) < 4.78 is 3.12. The lowest BCUT2D eigenvalue weighted by molar-refractivity contribution is 0.0997. The van der Waals surface area contributed by atoms with E-state index in [2.05, 4.69) is 32.2 Å². The molecule has 0 radical (unpaired) electrons. The number of amides is 1. The van der Waals surface area contributed by atoms with Gasteiger partial charge in [-0.05, 0) is 71.7 Å². The summed E-state index contributed by atoms with van der Waals surface area (Å²) in [5.41, 5.74) is 1.38. The first kappa shape index (κ1) is 13.5. The highest BCUT2D eigenvalue weighted by Gasteiger charge is 2.21. The van der Waals surface area contributed by atoms with Crippen LogP contribution in [0.4, 0.5) is 0 Å². The number of carbonyl (C=O) groups is 1. The molecule has 0 atom stereocenters. The number of aromatic nitrogens is 1. The van der Waals surface area contributed by atoms with Gasteiger partial charge in [0.05, 0.1) is 0 Å². The maximum Gasteiger partial charge on any atom is 0.278 e. The van der Waals surface area contributed by atoms with Crippen LogP contribution in [-0.2, 0) is 6.54 Å². The molecule has 0 spiro atoms. The van der Waals surface area contributed by atoms with Crippen molar-refractivity contribution in [1.29, 1.82) is 0 Å². The van der Waals surface area contributed by atoms with Gasteiger partial charge in [-0.3, -0.25) is 4.79 Å². The van der Waals surface area contributed by atoms with Gasteiger partial charge >= 0.3 is 0 Å². The van der Waals surface area contributed by atoms with E-state index in [-0.39, 0.29) is 5.91 Å². The van der Waals surface area contributed by atoms with Crippen LogP contribution in [0.1, 0.15) is 23.2 Å². The van der Waals surface area contributed by atoms with E-state index in [1.165, 1.54) is 12.8 Å². The summed E-state index contributed by atoms with van der Waals surface area (Å²) in [5, 5.41) is 0.